The Kier molecular flexibility index (Phi) is 6.04. The van der Waals surface area contributed by atoms with E-state index in [1.807, 2.05) is 17.0 Å². The molecule has 3 aliphatic heterocycles. The van der Waals surface area contributed by atoms with Gasteiger partial charge in [0.2, 0.25) is 5.91 Å². The van der Waals surface area contributed by atoms with Gasteiger partial charge in [0, 0.05) is 31.1 Å². The predicted molar refractivity (Wildman–Crippen MR) is 95.6 cm³/mol. The van der Waals surface area contributed by atoms with Crippen LogP contribution in [-0.4, -0.2) is 56.4 Å². The minimum absolute atomic E-state index is 0. The number of carbonyl (C=O) groups is 1. The third-order valence-corrected chi connectivity index (χ3v) is 4.95. The van der Waals surface area contributed by atoms with E-state index in [9.17, 15) is 4.79 Å². The van der Waals surface area contributed by atoms with Gasteiger partial charge in [0.15, 0.2) is 11.5 Å². The summed E-state index contributed by atoms with van der Waals surface area (Å²) in [7, 11) is 0. The maximum absolute atomic E-state index is 12.8. The van der Waals surface area contributed by atoms with Crippen molar-refractivity contribution in [1.82, 2.24) is 10.2 Å². The van der Waals surface area contributed by atoms with Gasteiger partial charge < -0.3 is 24.4 Å². The van der Waals surface area contributed by atoms with E-state index in [0.717, 1.165) is 49.6 Å². The molecule has 0 bridgehead atoms. The van der Waals surface area contributed by atoms with Gasteiger partial charge in [-0.25, -0.2) is 0 Å². The highest BCUT2D eigenvalue weighted by atomic mass is 35.5. The fourth-order valence-electron chi connectivity index (χ4n) is 3.83. The Morgan fingerprint density at radius 2 is 2.12 bits per heavy atom. The molecule has 0 aliphatic carbocycles. The van der Waals surface area contributed by atoms with Crippen molar-refractivity contribution in [1.29, 1.82) is 0 Å². The molecule has 1 amide bonds. The number of amides is 1. The molecule has 3 aliphatic rings. The van der Waals surface area contributed by atoms with Gasteiger partial charge in [0.25, 0.3) is 0 Å². The van der Waals surface area contributed by atoms with Crippen molar-refractivity contribution in [2.24, 2.45) is 0 Å². The molecule has 1 aromatic rings. The second kappa shape index (κ2) is 8.25. The minimum Gasteiger partial charge on any atom is -0.486 e. The lowest BCUT2D eigenvalue weighted by Gasteiger charge is -2.31. The average molecular weight is 369 g/mol. The highest BCUT2D eigenvalue weighted by molar-refractivity contribution is 5.85. The molecule has 1 N–H and O–H groups in total. The number of benzene rings is 1. The molecule has 2 unspecified atom stereocenters. The van der Waals surface area contributed by atoms with Crippen LogP contribution in [0.15, 0.2) is 18.2 Å². The highest BCUT2D eigenvalue weighted by Gasteiger charge is 2.34. The Hall–Kier alpha value is -1.50. The fraction of sp³-hybridized carbons (Fsp3) is 0.611. The summed E-state index contributed by atoms with van der Waals surface area (Å²) in [4.78, 5) is 14.8. The topological polar surface area (TPSA) is 60.0 Å². The van der Waals surface area contributed by atoms with Crippen LogP contribution in [0.5, 0.6) is 11.5 Å². The van der Waals surface area contributed by atoms with Crippen molar-refractivity contribution >= 4 is 18.3 Å². The van der Waals surface area contributed by atoms with Crippen LogP contribution in [0.25, 0.3) is 0 Å². The zero-order chi connectivity index (χ0) is 16.4. The van der Waals surface area contributed by atoms with E-state index < -0.39 is 0 Å². The number of fused-ring (bicyclic) bond motifs is 1. The lowest BCUT2D eigenvalue weighted by molar-refractivity contribution is -0.133. The van der Waals surface area contributed by atoms with Gasteiger partial charge in [-0.1, -0.05) is 12.1 Å². The molecular weight excluding hydrogens is 344 g/mol. The van der Waals surface area contributed by atoms with Gasteiger partial charge in [-0.2, -0.15) is 0 Å². The van der Waals surface area contributed by atoms with E-state index in [1.165, 1.54) is 0 Å². The van der Waals surface area contributed by atoms with Crippen molar-refractivity contribution in [3.8, 4) is 11.5 Å². The van der Waals surface area contributed by atoms with Gasteiger partial charge in [-0.3, -0.25) is 4.79 Å². The molecule has 0 saturated carbocycles. The average Bonchev–Trinajstić information content (AvgIpc) is 3.12. The largest absolute Gasteiger partial charge is 0.486 e. The Bertz CT molecular complexity index is 607. The Balaban J connectivity index is 0.00000182. The molecular formula is C18H25ClN2O4. The number of rotatable bonds is 3. The summed E-state index contributed by atoms with van der Waals surface area (Å²) in [6.07, 6.45) is 2.48. The zero-order valence-corrected chi connectivity index (χ0v) is 15.1. The molecule has 0 spiro atoms. The van der Waals surface area contributed by atoms with Crippen LogP contribution < -0.4 is 14.8 Å². The summed E-state index contributed by atoms with van der Waals surface area (Å²) >= 11 is 0. The molecule has 2 atom stereocenters. The van der Waals surface area contributed by atoms with Crippen molar-refractivity contribution in [3.63, 3.8) is 0 Å². The van der Waals surface area contributed by atoms with Crippen LogP contribution in [0.4, 0.5) is 0 Å². The molecule has 1 aromatic carbocycles. The van der Waals surface area contributed by atoms with E-state index in [4.69, 9.17) is 14.2 Å². The second-order valence-electron chi connectivity index (χ2n) is 6.55. The maximum Gasteiger partial charge on any atom is 0.224 e. The molecule has 3 heterocycles. The summed E-state index contributed by atoms with van der Waals surface area (Å²) < 4.78 is 17.0. The number of halogens is 1. The maximum atomic E-state index is 12.8. The molecule has 25 heavy (non-hydrogen) atoms. The van der Waals surface area contributed by atoms with Crippen molar-refractivity contribution in [2.45, 2.75) is 31.3 Å². The van der Waals surface area contributed by atoms with E-state index in [-0.39, 0.29) is 30.4 Å². The second-order valence-corrected chi connectivity index (χ2v) is 6.55. The third-order valence-electron chi connectivity index (χ3n) is 4.95. The van der Waals surface area contributed by atoms with E-state index in [2.05, 4.69) is 11.4 Å². The predicted octanol–water partition coefficient (Wildman–Crippen LogP) is 1.92. The number of morpholine rings is 1. The molecule has 2 fully saturated rings. The third kappa shape index (κ3) is 3.86. The number of hydrogen-bond donors (Lipinski definition) is 1. The lowest BCUT2D eigenvalue weighted by atomic mass is 10.0. The number of likely N-dealkylation sites (tertiary alicyclic amines) is 1. The Labute approximate surface area is 154 Å². The smallest absolute Gasteiger partial charge is 0.224 e. The SMILES string of the molecule is Cl.O=C(CC1COCCN1)N1CCCC1c1cccc2c1OCCO2. The van der Waals surface area contributed by atoms with Gasteiger partial charge in [0.1, 0.15) is 13.2 Å². The van der Waals surface area contributed by atoms with Crippen molar-refractivity contribution in [2.75, 3.05) is 39.5 Å². The van der Waals surface area contributed by atoms with Gasteiger partial charge in [-0.05, 0) is 18.9 Å². The first kappa shape index (κ1) is 18.3. The van der Waals surface area contributed by atoms with Crippen LogP contribution >= 0.6 is 12.4 Å². The van der Waals surface area contributed by atoms with Crippen LogP contribution in [0.3, 0.4) is 0 Å². The normalized spacial score (nSPS) is 25.4. The molecule has 0 aromatic heterocycles. The van der Waals surface area contributed by atoms with E-state index >= 15 is 0 Å². The summed E-state index contributed by atoms with van der Waals surface area (Å²) in [5, 5.41) is 3.36. The monoisotopic (exact) mass is 368 g/mol. The number of nitrogens with zero attached hydrogens (tertiary/aromatic N) is 1. The van der Waals surface area contributed by atoms with Gasteiger partial charge >= 0.3 is 0 Å². The minimum atomic E-state index is 0. The molecule has 7 heteroatoms. The van der Waals surface area contributed by atoms with E-state index in [1.54, 1.807) is 0 Å². The highest BCUT2D eigenvalue weighted by Crippen LogP contribution is 2.42. The Morgan fingerprint density at radius 1 is 1.24 bits per heavy atom. The van der Waals surface area contributed by atoms with E-state index in [0.29, 0.717) is 26.2 Å². The first-order chi connectivity index (χ1) is 11.8. The molecule has 6 nitrogen and oxygen atoms in total. The number of ether oxygens (including phenoxy) is 3. The Morgan fingerprint density at radius 3 is 2.96 bits per heavy atom. The molecule has 0 radical (unpaired) electrons. The van der Waals surface area contributed by atoms with Crippen LogP contribution in [-0.2, 0) is 9.53 Å². The van der Waals surface area contributed by atoms with Crippen LogP contribution in [0.1, 0.15) is 30.9 Å². The van der Waals surface area contributed by atoms with Crippen molar-refractivity contribution < 1.29 is 19.0 Å². The first-order valence-electron chi connectivity index (χ1n) is 8.82. The number of para-hydroxylation sites is 1. The first-order valence-corrected chi connectivity index (χ1v) is 8.82. The van der Waals surface area contributed by atoms with Crippen LogP contribution in [0.2, 0.25) is 0 Å². The standard InChI is InChI=1S/C18H24N2O4.ClH/c21-17(11-13-12-22-8-6-19-13)20-7-2-4-15(20)14-3-1-5-16-18(14)24-10-9-23-16;/h1,3,5,13,15,19H,2,4,6-12H2;1H. The number of nitrogens with one attached hydrogen (secondary N) is 1. The van der Waals surface area contributed by atoms with Crippen molar-refractivity contribution in [3.05, 3.63) is 23.8 Å². The fourth-order valence-corrected chi connectivity index (χ4v) is 3.83. The lowest BCUT2D eigenvalue weighted by Crippen LogP contribution is -2.45. The number of carbonyl (C=O) groups excluding carboxylic acids is 1. The molecule has 138 valence electrons. The zero-order valence-electron chi connectivity index (χ0n) is 14.2. The quantitative estimate of drug-likeness (QED) is 0.883. The molecule has 2 saturated heterocycles. The summed E-state index contributed by atoms with van der Waals surface area (Å²) in [6.45, 7) is 4.11. The summed E-state index contributed by atoms with van der Waals surface area (Å²) in [5.74, 6) is 1.79. The van der Waals surface area contributed by atoms with Crippen LogP contribution in [0, 0.1) is 0 Å². The molecule has 4 rings (SSSR count). The summed E-state index contributed by atoms with van der Waals surface area (Å²) in [6, 6.07) is 6.18. The van der Waals surface area contributed by atoms with Gasteiger partial charge in [0.05, 0.1) is 19.3 Å². The summed E-state index contributed by atoms with van der Waals surface area (Å²) in [5.41, 5.74) is 1.07. The van der Waals surface area contributed by atoms with Gasteiger partial charge in [-0.15, -0.1) is 12.4 Å². The number of hydrogen-bond acceptors (Lipinski definition) is 5.